The maximum atomic E-state index is 11.0. The van der Waals surface area contributed by atoms with Gasteiger partial charge in [0, 0.05) is 13.1 Å². The zero-order chi connectivity index (χ0) is 15.8. The molecule has 0 bridgehead atoms. The molecule has 0 aromatic rings. The fourth-order valence-electron chi connectivity index (χ4n) is 2.04. The lowest BCUT2D eigenvalue weighted by atomic mass is 10.1. The van der Waals surface area contributed by atoms with Crippen LogP contribution in [0.2, 0.25) is 0 Å². The smallest absolute Gasteiger partial charge is 0.230 e. The molecule has 0 saturated carbocycles. The molecule has 6 heteroatoms. The highest BCUT2D eigenvalue weighted by molar-refractivity contribution is 9.09. The van der Waals surface area contributed by atoms with E-state index in [4.69, 9.17) is 0 Å². The van der Waals surface area contributed by atoms with Crippen LogP contribution in [0, 0.1) is 0 Å². The van der Waals surface area contributed by atoms with Crippen LogP contribution in [0.25, 0.3) is 0 Å². The molecule has 0 fully saturated rings. The molecule has 0 aromatic heterocycles. The molecule has 0 saturated heterocycles. The number of unbranched alkanes of at least 4 members (excludes halogenated alkanes) is 8. The zero-order valence-electron chi connectivity index (χ0n) is 12.8. The average molecular weight is 428 g/mol. The number of hydrogen-bond donors (Lipinski definition) is 2. The predicted molar refractivity (Wildman–Crippen MR) is 95.2 cm³/mol. The van der Waals surface area contributed by atoms with Gasteiger partial charge in [0.2, 0.25) is 11.8 Å². The quantitative estimate of drug-likeness (QED) is 0.329. The Morgan fingerprint density at radius 1 is 0.571 bits per heavy atom. The maximum absolute atomic E-state index is 11.0. The minimum absolute atomic E-state index is 0.0716. The van der Waals surface area contributed by atoms with Gasteiger partial charge in [-0.15, -0.1) is 0 Å². The van der Waals surface area contributed by atoms with E-state index in [0.717, 1.165) is 25.9 Å². The van der Waals surface area contributed by atoms with Crippen LogP contribution >= 0.6 is 31.9 Å². The van der Waals surface area contributed by atoms with Crippen LogP contribution < -0.4 is 10.6 Å². The standard InChI is InChI=1S/C15H28Br2N2O2/c16-12-14(20)18-10-8-6-4-2-1-3-5-7-9-11-19-15(21)13-17/h1-13H2,(H,18,20)(H,19,21). The molecule has 0 unspecified atom stereocenters. The third-order valence-corrected chi connectivity index (χ3v) is 4.26. The molecule has 0 radical (unpaired) electrons. The SMILES string of the molecule is O=C(CBr)NCCCCCCCCCCCNC(=O)CBr. The van der Waals surface area contributed by atoms with Gasteiger partial charge >= 0.3 is 0 Å². The van der Waals surface area contributed by atoms with Gasteiger partial charge in [-0.25, -0.2) is 0 Å². The summed E-state index contributed by atoms with van der Waals surface area (Å²) in [6, 6.07) is 0. The largest absolute Gasteiger partial charge is 0.355 e. The first-order valence-corrected chi connectivity index (χ1v) is 10.1. The Labute approximate surface area is 145 Å². The highest BCUT2D eigenvalue weighted by atomic mass is 79.9. The summed E-state index contributed by atoms with van der Waals surface area (Å²) in [7, 11) is 0. The second-order valence-corrected chi connectivity index (χ2v) is 6.27. The summed E-state index contributed by atoms with van der Waals surface area (Å²) >= 11 is 6.25. The second-order valence-electron chi connectivity index (χ2n) is 5.15. The Balaban J connectivity index is 3.06. The van der Waals surface area contributed by atoms with Crippen molar-refractivity contribution in [2.24, 2.45) is 0 Å². The first-order chi connectivity index (χ1) is 10.2. The van der Waals surface area contributed by atoms with Gasteiger partial charge < -0.3 is 10.6 Å². The van der Waals surface area contributed by atoms with Crippen molar-refractivity contribution >= 4 is 43.7 Å². The molecule has 0 atom stereocenters. The van der Waals surface area contributed by atoms with E-state index in [1.165, 1.54) is 44.9 Å². The zero-order valence-corrected chi connectivity index (χ0v) is 15.9. The lowest BCUT2D eigenvalue weighted by Gasteiger charge is -2.04. The molecule has 0 aliphatic heterocycles. The molecule has 21 heavy (non-hydrogen) atoms. The first-order valence-electron chi connectivity index (χ1n) is 7.86. The number of halogens is 2. The number of rotatable bonds is 14. The lowest BCUT2D eigenvalue weighted by molar-refractivity contribution is -0.119. The summed E-state index contributed by atoms with van der Waals surface area (Å²) in [5.41, 5.74) is 0. The van der Waals surface area contributed by atoms with Crippen LogP contribution in [-0.4, -0.2) is 35.6 Å². The number of carbonyl (C=O) groups excluding carboxylic acids is 2. The minimum atomic E-state index is 0.0716. The summed E-state index contributed by atoms with van der Waals surface area (Å²) in [5.74, 6) is 0.143. The molecular weight excluding hydrogens is 400 g/mol. The highest BCUT2D eigenvalue weighted by Gasteiger charge is 1.97. The van der Waals surface area contributed by atoms with E-state index in [1.54, 1.807) is 0 Å². The predicted octanol–water partition coefficient (Wildman–Crippen LogP) is 3.52. The van der Waals surface area contributed by atoms with Crippen LogP contribution in [-0.2, 0) is 9.59 Å². The normalized spacial score (nSPS) is 10.4. The van der Waals surface area contributed by atoms with Crippen molar-refractivity contribution in [3.8, 4) is 0 Å². The van der Waals surface area contributed by atoms with Gasteiger partial charge in [0.1, 0.15) is 0 Å². The number of hydrogen-bond acceptors (Lipinski definition) is 2. The molecule has 4 nitrogen and oxygen atoms in total. The summed E-state index contributed by atoms with van der Waals surface area (Å²) in [4.78, 5) is 21.9. The third-order valence-electron chi connectivity index (χ3n) is 3.24. The van der Waals surface area contributed by atoms with Crippen molar-refractivity contribution in [3.63, 3.8) is 0 Å². The Morgan fingerprint density at radius 3 is 1.14 bits per heavy atom. The van der Waals surface area contributed by atoms with Crippen LogP contribution in [0.3, 0.4) is 0 Å². The van der Waals surface area contributed by atoms with Gasteiger partial charge in [-0.3, -0.25) is 9.59 Å². The van der Waals surface area contributed by atoms with Crippen LogP contribution in [0.15, 0.2) is 0 Å². The Kier molecular flexibility index (Phi) is 16.2. The first kappa shape index (κ1) is 20.9. The molecule has 0 aromatic carbocycles. The summed E-state index contributed by atoms with van der Waals surface area (Å²) in [6.45, 7) is 1.59. The number of carbonyl (C=O) groups is 2. The molecule has 0 aliphatic carbocycles. The maximum Gasteiger partial charge on any atom is 0.230 e. The Bertz CT molecular complexity index is 250. The van der Waals surface area contributed by atoms with E-state index >= 15 is 0 Å². The van der Waals surface area contributed by atoms with Gasteiger partial charge in [0.15, 0.2) is 0 Å². The average Bonchev–Trinajstić information content (AvgIpc) is 2.51. The van der Waals surface area contributed by atoms with Crippen molar-refractivity contribution < 1.29 is 9.59 Å². The molecular formula is C15H28Br2N2O2. The third kappa shape index (κ3) is 16.1. The van der Waals surface area contributed by atoms with Crippen molar-refractivity contribution in [2.45, 2.75) is 57.8 Å². The molecule has 0 spiro atoms. The molecule has 0 rings (SSSR count). The van der Waals surface area contributed by atoms with Crippen LogP contribution in [0.5, 0.6) is 0 Å². The van der Waals surface area contributed by atoms with Crippen molar-refractivity contribution in [1.29, 1.82) is 0 Å². The van der Waals surface area contributed by atoms with Crippen molar-refractivity contribution in [3.05, 3.63) is 0 Å². The van der Waals surface area contributed by atoms with Gasteiger partial charge in [0.25, 0.3) is 0 Å². The number of nitrogens with one attached hydrogen (secondary N) is 2. The highest BCUT2D eigenvalue weighted by Crippen LogP contribution is 2.09. The fourth-order valence-corrected chi connectivity index (χ4v) is 2.43. The summed E-state index contributed by atoms with van der Waals surface area (Å²) in [5, 5.41) is 6.50. The molecule has 2 amide bonds. The van der Waals surface area contributed by atoms with E-state index in [0.29, 0.717) is 10.7 Å². The topological polar surface area (TPSA) is 58.2 Å². The Morgan fingerprint density at radius 2 is 0.857 bits per heavy atom. The van der Waals surface area contributed by atoms with Gasteiger partial charge in [-0.2, -0.15) is 0 Å². The van der Waals surface area contributed by atoms with Gasteiger partial charge in [-0.05, 0) is 12.8 Å². The number of alkyl halides is 2. The van der Waals surface area contributed by atoms with E-state index in [9.17, 15) is 9.59 Å². The fraction of sp³-hybridized carbons (Fsp3) is 0.867. The van der Waals surface area contributed by atoms with E-state index in [-0.39, 0.29) is 11.8 Å². The number of amides is 2. The molecule has 0 heterocycles. The summed E-state index contributed by atoms with van der Waals surface area (Å²) < 4.78 is 0. The lowest BCUT2D eigenvalue weighted by Crippen LogP contribution is -2.25. The molecule has 0 aliphatic rings. The molecule has 124 valence electrons. The van der Waals surface area contributed by atoms with E-state index in [1.807, 2.05) is 0 Å². The Hall–Kier alpha value is -0.100. The van der Waals surface area contributed by atoms with E-state index in [2.05, 4.69) is 42.5 Å². The van der Waals surface area contributed by atoms with Crippen molar-refractivity contribution in [1.82, 2.24) is 10.6 Å². The monoisotopic (exact) mass is 426 g/mol. The second kappa shape index (κ2) is 16.3. The van der Waals surface area contributed by atoms with Crippen molar-refractivity contribution in [2.75, 3.05) is 23.7 Å². The molecule has 2 N–H and O–H groups in total. The minimum Gasteiger partial charge on any atom is -0.355 e. The van der Waals surface area contributed by atoms with Crippen LogP contribution in [0.4, 0.5) is 0 Å². The van der Waals surface area contributed by atoms with Gasteiger partial charge in [0.05, 0.1) is 10.7 Å². The van der Waals surface area contributed by atoms with Crippen LogP contribution in [0.1, 0.15) is 57.8 Å². The van der Waals surface area contributed by atoms with Gasteiger partial charge in [-0.1, -0.05) is 76.8 Å². The van der Waals surface area contributed by atoms with E-state index < -0.39 is 0 Å². The summed E-state index contributed by atoms with van der Waals surface area (Å²) in [6.07, 6.45) is 10.9.